The van der Waals surface area contributed by atoms with Gasteiger partial charge < -0.3 is 16.0 Å². The van der Waals surface area contributed by atoms with Gasteiger partial charge in [0.25, 0.3) is 0 Å². The molecule has 0 heterocycles. The number of rotatable bonds is 6. The van der Waals surface area contributed by atoms with Crippen LogP contribution in [0.1, 0.15) is 13.3 Å². The first kappa shape index (κ1) is 16.3. The van der Waals surface area contributed by atoms with E-state index in [2.05, 4.69) is 5.32 Å². The van der Waals surface area contributed by atoms with Crippen molar-refractivity contribution in [3.63, 3.8) is 0 Å². The summed E-state index contributed by atoms with van der Waals surface area (Å²) < 4.78 is 22.6. The van der Waals surface area contributed by atoms with E-state index in [9.17, 15) is 13.2 Å². The maximum atomic E-state index is 11.6. The Balaban J connectivity index is 2.92. The largest absolute Gasteiger partial charge is 0.397 e. The highest BCUT2D eigenvalue weighted by molar-refractivity contribution is 7.89. The lowest BCUT2D eigenvalue weighted by Gasteiger charge is -2.21. The Labute approximate surface area is 119 Å². The number of anilines is 2. The maximum Gasteiger partial charge on any atom is 0.239 e. The van der Waals surface area contributed by atoms with Gasteiger partial charge in [0.1, 0.15) is 0 Å². The number of hydrogen-bond donors (Lipinski definition) is 3. The third-order valence-corrected chi connectivity index (χ3v) is 3.61. The summed E-state index contributed by atoms with van der Waals surface area (Å²) in [4.78, 5) is 13.2. The first-order valence-corrected chi connectivity index (χ1v) is 7.70. The third kappa shape index (κ3) is 4.39. The van der Waals surface area contributed by atoms with E-state index < -0.39 is 10.0 Å². The average Bonchev–Trinajstić information content (AvgIpc) is 2.35. The van der Waals surface area contributed by atoms with Crippen LogP contribution in [0.2, 0.25) is 0 Å². The summed E-state index contributed by atoms with van der Waals surface area (Å²) in [5.74, 6) is -0.158. The predicted octanol–water partition coefficient (Wildman–Crippen LogP) is -0.121. The summed E-state index contributed by atoms with van der Waals surface area (Å²) in [6.45, 7) is 2.63. The number of nitrogens with zero attached hydrogens (tertiary/aromatic N) is 1. The second-order valence-corrected chi connectivity index (χ2v) is 6.03. The summed E-state index contributed by atoms with van der Waals surface area (Å²) in [5, 5.41) is 7.81. The smallest absolute Gasteiger partial charge is 0.239 e. The fourth-order valence-electron chi connectivity index (χ4n) is 1.65. The zero-order valence-electron chi connectivity index (χ0n) is 11.6. The summed E-state index contributed by atoms with van der Waals surface area (Å²) in [6, 6.07) is 4.15. The van der Waals surface area contributed by atoms with Crippen LogP contribution in [0.3, 0.4) is 0 Å². The number of amides is 1. The van der Waals surface area contributed by atoms with Gasteiger partial charge in [-0.1, -0.05) is 6.92 Å². The average molecular weight is 300 g/mol. The zero-order valence-corrected chi connectivity index (χ0v) is 12.4. The van der Waals surface area contributed by atoms with Crippen LogP contribution in [-0.4, -0.2) is 34.5 Å². The number of carbonyl (C=O) groups excluding carboxylic acids is 1. The number of nitrogens with two attached hydrogens (primary N) is 2. The van der Waals surface area contributed by atoms with E-state index in [4.69, 9.17) is 10.9 Å². The minimum atomic E-state index is -3.80. The molecule has 8 heteroatoms. The van der Waals surface area contributed by atoms with Crippen molar-refractivity contribution < 1.29 is 13.2 Å². The number of nitrogens with one attached hydrogen (secondary N) is 1. The van der Waals surface area contributed by atoms with E-state index in [0.29, 0.717) is 17.9 Å². The monoisotopic (exact) mass is 300 g/mol. The molecule has 1 aromatic rings. The van der Waals surface area contributed by atoms with Crippen LogP contribution in [0.15, 0.2) is 23.1 Å². The number of primary sulfonamides is 1. The van der Waals surface area contributed by atoms with Crippen LogP contribution in [0.4, 0.5) is 11.4 Å². The third-order valence-electron chi connectivity index (χ3n) is 2.69. The predicted molar refractivity (Wildman–Crippen MR) is 78.8 cm³/mol. The van der Waals surface area contributed by atoms with Gasteiger partial charge in [0.2, 0.25) is 15.9 Å². The van der Waals surface area contributed by atoms with Gasteiger partial charge in [0.05, 0.1) is 22.8 Å². The Kier molecular flexibility index (Phi) is 5.34. The molecule has 112 valence electrons. The Morgan fingerprint density at radius 1 is 1.40 bits per heavy atom. The van der Waals surface area contributed by atoms with Crippen LogP contribution in [0, 0.1) is 0 Å². The lowest BCUT2D eigenvalue weighted by Crippen LogP contribution is -2.35. The van der Waals surface area contributed by atoms with E-state index in [1.54, 1.807) is 11.9 Å². The summed E-state index contributed by atoms with van der Waals surface area (Å²) in [5.41, 5.74) is 6.63. The van der Waals surface area contributed by atoms with Crippen LogP contribution in [-0.2, 0) is 14.8 Å². The molecule has 0 spiro atoms. The number of carbonyl (C=O) groups is 1. The van der Waals surface area contributed by atoms with E-state index in [-0.39, 0.29) is 17.3 Å². The molecule has 1 rings (SSSR count). The van der Waals surface area contributed by atoms with Gasteiger partial charge in [0.15, 0.2) is 0 Å². The maximum absolute atomic E-state index is 11.6. The fraction of sp³-hybridized carbons (Fsp3) is 0.417. The molecular weight excluding hydrogens is 280 g/mol. The molecule has 0 fully saturated rings. The molecule has 0 aliphatic carbocycles. The van der Waals surface area contributed by atoms with E-state index in [1.807, 2.05) is 6.92 Å². The Bertz CT molecular complexity index is 586. The SMILES string of the molecule is CCCNC(=O)CN(C)c1cc(S(N)(=O)=O)ccc1N. The number of nitrogen functional groups attached to an aromatic ring is 1. The van der Waals surface area contributed by atoms with Crippen molar-refractivity contribution >= 4 is 27.3 Å². The second kappa shape index (κ2) is 6.58. The topological polar surface area (TPSA) is 119 Å². The lowest BCUT2D eigenvalue weighted by atomic mass is 10.2. The van der Waals surface area contributed by atoms with Crippen LogP contribution in [0.25, 0.3) is 0 Å². The van der Waals surface area contributed by atoms with Crippen molar-refractivity contribution in [2.45, 2.75) is 18.2 Å². The quantitative estimate of drug-likeness (QED) is 0.633. The van der Waals surface area contributed by atoms with E-state index in [0.717, 1.165) is 6.42 Å². The highest BCUT2D eigenvalue weighted by atomic mass is 32.2. The molecule has 0 atom stereocenters. The molecule has 5 N–H and O–H groups in total. The Hall–Kier alpha value is -1.80. The first-order chi connectivity index (χ1) is 9.25. The fourth-order valence-corrected chi connectivity index (χ4v) is 2.19. The molecule has 0 bridgehead atoms. The highest BCUT2D eigenvalue weighted by Crippen LogP contribution is 2.25. The summed E-state index contributed by atoms with van der Waals surface area (Å²) in [6.07, 6.45) is 0.846. The van der Waals surface area contributed by atoms with Crippen molar-refractivity contribution in [1.82, 2.24) is 5.32 Å². The van der Waals surface area contributed by atoms with E-state index >= 15 is 0 Å². The zero-order chi connectivity index (χ0) is 15.3. The molecule has 0 saturated carbocycles. The van der Waals surface area contributed by atoms with Crippen LogP contribution in [0.5, 0.6) is 0 Å². The van der Waals surface area contributed by atoms with Gasteiger partial charge in [-0.15, -0.1) is 0 Å². The number of hydrogen-bond acceptors (Lipinski definition) is 5. The molecular formula is C12H20N4O3S. The van der Waals surface area contributed by atoms with E-state index in [1.165, 1.54) is 18.2 Å². The molecule has 0 radical (unpaired) electrons. The van der Waals surface area contributed by atoms with Gasteiger partial charge in [-0.3, -0.25) is 4.79 Å². The lowest BCUT2D eigenvalue weighted by molar-refractivity contribution is -0.119. The molecule has 0 aromatic heterocycles. The standard InChI is InChI=1S/C12H20N4O3S/c1-3-6-15-12(17)8-16(2)11-7-9(20(14,18)19)4-5-10(11)13/h4-5,7H,3,6,8,13H2,1-2H3,(H,15,17)(H2,14,18,19). The highest BCUT2D eigenvalue weighted by Gasteiger charge is 2.14. The number of benzene rings is 1. The van der Waals surface area contributed by atoms with Crippen molar-refractivity contribution in [2.75, 3.05) is 30.8 Å². The van der Waals surface area contributed by atoms with Crippen molar-refractivity contribution in [1.29, 1.82) is 0 Å². The van der Waals surface area contributed by atoms with Crippen LogP contribution >= 0.6 is 0 Å². The summed E-state index contributed by atoms with van der Waals surface area (Å²) >= 11 is 0. The molecule has 0 unspecified atom stereocenters. The Morgan fingerprint density at radius 2 is 2.05 bits per heavy atom. The molecule has 0 aliphatic heterocycles. The van der Waals surface area contributed by atoms with Gasteiger partial charge in [-0.05, 0) is 24.6 Å². The normalized spacial score (nSPS) is 11.2. The molecule has 1 amide bonds. The van der Waals surface area contributed by atoms with Crippen molar-refractivity contribution in [3.05, 3.63) is 18.2 Å². The van der Waals surface area contributed by atoms with Gasteiger partial charge in [0, 0.05) is 13.6 Å². The molecule has 7 nitrogen and oxygen atoms in total. The number of sulfonamides is 1. The summed E-state index contributed by atoms with van der Waals surface area (Å²) in [7, 11) is -2.14. The number of likely N-dealkylation sites (N-methyl/N-ethyl adjacent to an activating group) is 1. The van der Waals surface area contributed by atoms with Gasteiger partial charge in [-0.25, -0.2) is 13.6 Å². The molecule has 20 heavy (non-hydrogen) atoms. The molecule has 1 aromatic carbocycles. The van der Waals surface area contributed by atoms with Gasteiger partial charge in [-0.2, -0.15) is 0 Å². The van der Waals surface area contributed by atoms with Crippen molar-refractivity contribution in [3.8, 4) is 0 Å². The first-order valence-electron chi connectivity index (χ1n) is 6.16. The van der Waals surface area contributed by atoms with Crippen molar-refractivity contribution in [2.24, 2.45) is 5.14 Å². The Morgan fingerprint density at radius 3 is 2.60 bits per heavy atom. The molecule has 0 saturated heterocycles. The minimum Gasteiger partial charge on any atom is -0.397 e. The second-order valence-electron chi connectivity index (χ2n) is 4.47. The molecule has 0 aliphatic rings. The van der Waals surface area contributed by atoms with Gasteiger partial charge >= 0.3 is 0 Å². The van der Waals surface area contributed by atoms with Crippen LogP contribution < -0.4 is 21.1 Å². The minimum absolute atomic E-state index is 0.0393.